The minimum Gasteiger partial charge on any atom is -0.480 e. The molecule has 1 unspecified atom stereocenters. The lowest BCUT2D eigenvalue weighted by Crippen LogP contribution is -2.34. The summed E-state index contributed by atoms with van der Waals surface area (Å²) < 4.78 is 30.4. The average molecular weight is 350 g/mol. The highest BCUT2D eigenvalue weighted by Crippen LogP contribution is 2.42. The molecule has 0 amide bonds. The van der Waals surface area contributed by atoms with Crippen molar-refractivity contribution in [1.29, 1.82) is 0 Å². The number of carbonyl (C=O) groups is 1. The molecule has 2 atom stereocenters. The molecule has 0 aromatic heterocycles. The Balaban J connectivity index is 4.10. The lowest BCUT2D eigenvalue weighted by molar-refractivity contribution is -0.139. The van der Waals surface area contributed by atoms with Crippen molar-refractivity contribution >= 4 is 27.5 Å². The molecule has 0 saturated carbocycles. The van der Waals surface area contributed by atoms with E-state index in [0.29, 0.717) is 0 Å². The van der Waals surface area contributed by atoms with E-state index in [1.807, 2.05) is 0 Å². The minimum atomic E-state index is -4.58. The van der Waals surface area contributed by atoms with Crippen LogP contribution in [0.15, 0.2) is 4.99 Å². The lowest BCUT2D eigenvalue weighted by Gasteiger charge is -2.13. The van der Waals surface area contributed by atoms with E-state index in [1.165, 1.54) is 0 Å². The number of aliphatic carboxylic acids is 1. The van der Waals surface area contributed by atoms with E-state index in [4.69, 9.17) is 31.3 Å². The van der Waals surface area contributed by atoms with Gasteiger partial charge in [0, 0.05) is 0 Å². The number of nitrogens with two attached hydrogens (primary N) is 2. The molecule has 0 aliphatic carbocycles. The van der Waals surface area contributed by atoms with Gasteiger partial charge in [-0.1, -0.05) is 0 Å². The molecule has 0 aromatic carbocycles. The summed E-state index contributed by atoms with van der Waals surface area (Å²) in [6, 6.07) is -1.49. The standard InChI is InChI=1S/C6H16N4O9P2/c7-4(5(11)12)3-19-21(16,17)18-2-1-9-6(8)10-20(13,14)15/h4H,1-3,7H2,(H,11,12)(H,16,17)(H5,8,9,10,13,14,15)/t4-/m0/s1. The SMILES string of the molecule is NC(=NCCOP(=O)(O)OC[C@H](N)C(=O)O)NP(=O)(O)O. The van der Waals surface area contributed by atoms with Gasteiger partial charge >= 0.3 is 21.5 Å². The number of aliphatic imine (C=N–C) groups is 1. The van der Waals surface area contributed by atoms with Gasteiger partial charge < -0.3 is 31.3 Å². The van der Waals surface area contributed by atoms with Crippen LogP contribution >= 0.6 is 15.6 Å². The molecule has 0 fully saturated rings. The Labute approximate surface area is 118 Å². The molecule has 13 nitrogen and oxygen atoms in total. The van der Waals surface area contributed by atoms with Crippen LogP contribution in [0, 0.1) is 0 Å². The van der Waals surface area contributed by atoms with Crippen molar-refractivity contribution in [2.45, 2.75) is 6.04 Å². The van der Waals surface area contributed by atoms with Gasteiger partial charge in [0.05, 0.1) is 19.8 Å². The molecule has 21 heavy (non-hydrogen) atoms. The minimum absolute atomic E-state index is 0.308. The van der Waals surface area contributed by atoms with Gasteiger partial charge in [0.2, 0.25) is 0 Å². The summed E-state index contributed by atoms with van der Waals surface area (Å²) in [5.74, 6) is -2.01. The summed E-state index contributed by atoms with van der Waals surface area (Å²) in [5, 5.41) is 9.99. The van der Waals surface area contributed by atoms with Crippen LogP contribution in [0.4, 0.5) is 0 Å². The molecule has 9 N–H and O–H groups in total. The number of carboxylic acid groups (broad SMARTS) is 1. The zero-order valence-corrected chi connectivity index (χ0v) is 12.3. The Morgan fingerprint density at radius 1 is 1.29 bits per heavy atom. The summed E-state index contributed by atoms with van der Waals surface area (Å²) in [6.45, 7) is -1.52. The van der Waals surface area contributed by atoms with Crippen molar-refractivity contribution in [2.75, 3.05) is 19.8 Å². The van der Waals surface area contributed by atoms with Gasteiger partial charge in [-0.25, -0.2) is 9.13 Å². The predicted octanol–water partition coefficient (Wildman–Crippen LogP) is -2.47. The van der Waals surface area contributed by atoms with Crippen molar-refractivity contribution < 1.29 is 42.8 Å². The van der Waals surface area contributed by atoms with Crippen molar-refractivity contribution in [3.8, 4) is 0 Å². The molecule has 0 heterocycles. The molecular formula is C6H16N4O9P2. The van der Waals surface area contributed by atoms with Gasteiger partial charge in [0.25, 0.3) is 0 Å². The highest BCUT2D eigenvalue weighted by Gasteiger charge is 2.24. The summed E-state index contributed by atoms with van der Waals surface area (Å²) in [4.78, 5) is 39.8. The second-order valence-electron chi connectivity index (χ2n) is 3.47. The first-order valence-electron chi connectivity index (χ1n) is 5.17. The zero-order valence-electron chi connectivity index (χ0n) is 10.5. The molecule has 0 saturated heterocycles. The summed E-state index contributed by atoms with van der Waals surface area (Å²) >= 11 is 0. The van der Waals surface area contributed by atoms with Crippen LogP contribution in [0.1, 0.15) is 0 Å². The molecule has 15 heteroatoms. The van der Waals surface area contributed by atoms with E-state index < -0.39 is 46.8 Å². The van der Waals surface area contributed by atoms with E-state index in [0.717, 1.165) is 0 Å². The van der Waals surface area contributed by atoms with Crippen LogP contribution in [-0.4, -0.2) is 57.5 Å². The Bertz CT molecular complexity index is 477. The third kappa shape index (κ3) is 11.3. The fraction of sp³-hybridized carbons (Fsp3) is 0.667. The van der Waals surface area contributed by atoms with E-state index in [1.54, 1.807) is 5.09 Å². The maximum absolute atomic E-state index is 11.3. The number of carboxylic acids is 1. The van der Waals surface area contributed by atoms with Crippen LogP contribution in [0.5, 0.6) is 0 Å². The van der Waals surface area contributed by atoms with E-state index in [-0.39, 0.29) is 6.54 Å². The first-order valence-corrected chi connectivity index (χ1v) is 8.28. The van der Waals surface area contributed by atoms with Crippen LogP contribution in [0.2, 0.25) is 0 Å². The average Bonchev–Trinajstić information content (AvgIpc) is 2.29. The van der Waals surface area contributed by atoms with Gasteiger partial charge in [0.15, 0.2) is 5.96 Å². The quantitative estimate of drug-likeness (QED) is 0.0993. The Morgan fingerprint density at radius 2 is 1.86 bits per heavy atom. The van der Waals surface area contributed by atoms with Crippen LogP contribution in [0.25, 0.3) is 0 Å². The highest BCUT2D eigenvalue weighted by molar-refractivity contribution is 7.50. The molecule has 0 spiro atoms. The van der Waals surface area contributed by atoms with E-state index >= 15 is 0 Å². The highest BCUT2D eigenvalue weighted by atomic mass is 31.2. The number of nitrogens with zero attached hydrogens (tertiary/aromatic N) is 1. The fourth-order valence-electron chi connectivity index (χ4n) is 0.790. The Morgan fingerprint density at radius 3 is 2.33 bits per heavy atom. The molecule has 0 radical (unpaired) electrons. The molecule has 0 rings (SSSR count). The second-order valence-corrected chi connectivity index (χ2v) is 6.23. The van der Waals surface area contributed by atoms with Crippen LogP contribution in [-0.2, 0) is 23.0 Å². The second kappa shape index (κ2) is 8.41. The monoisotopic (exact) mass is 350 g/mol. The van der Waals surface area contributed by atoms with Crippen LogP contribution in [0.3, 0.4) is 0 Å². The molecular weight excluding hydrogens is 334 g/mol. The fourth-order valence-corrected chi connectivity index (χ4v) is 1.89. The number of hydrogen-bond acceptors (Lipinski definition) is 7. The van der Waals surface area contributed by atoms with Gasteiger partial charge in [-0.3, -0.25) is 23.9 Å². The van der Waals surface area contributed by atoms with Gasteiger partial charge in [-0.2, -0.15) is 0 Å². The predicted molar refractivity (Wildman–Crippen MR) is 69.0 cm³/mol. The van der Waals surface area contributed by atoms with E-state index in [9.17, 15) is 13.9 Å². The maximum Gasteiger partial charge on any atom is 0.472 e. The maximum atomic E-state index is 11.3. The van der Waals surface area contributed by atoms with Gasteiger partial charge in [-0.05, 0) is 0 Å². The summed E-state index contributed by atoms with van der Waals surface area (Å²) in [6.07, 6.45) is 0. The number of guanidine groups is 1. The van der Waals surface area contributed by atoms with Gasteiger partial charge in [0.1, 0.15) is 6.04 Å². The molecule has 124 valence electrons. The summed E-state index contributed by atoms with van der Waals surface area (Å²) in [5.41, 5.74) is 10.1. The topological polar surface area (TPSA) is 227 Å². The lowest BCUT2D eigenvalue weighted by atomic mass is 10.3. The number of phosphoric ester groups is 1. The van der Waals surface area contributed by atoms with Crippen molar-refractivity contribution in [3.63, 3.8) is 0 Å². The molecule has 0 aliphatic heterocycles. The third-order valence-corrected chi connectivity index (χ3v) is 3.13. The normalized spacial score (nSPS) is 17.0. The largest absolute Gasteiger partial charge is 0.480 e. The third-order valence-electron chi connectivity index (χ3n) is 1.62. The van der Waals surface area contributed by atoms with Crippen molar-refractivity contribution in [1.82, 2.24) is 5.09 Å². The smallest absolute Gasteiger partial charge is 0.472 e. The molecule has 0 aliphatic rings. The van der Waals surface area contributed by atoms with E-state index in [2.05, 4.69) is 14.0 Å². The number of rotatable bonds is 9. The van der Waals surface area contributed by atoms with Crippen molar-refractivity contribution in [2.24, 2.45) is 16.5 Å². The number of phosphoric acid groups is 1. The first-order chi connectivity index (χ1) is 9.43. The number of nitrogens with one attached hydrogen (secondary N) is 1. The van der Waals surface area contributed by atoms with Gasteiger partial charge in [-0.15, -0.1) is 0 Å². The molecule has 0 bridgehead atoms. The Kier molecular flexibility index (Phi) is 8.00. The Hall–Kier alpha value is -1.04. The first kappa shape index (κ1) is 20.0. The zero-order chi connectivity index (χ0) is 16.7. The molecule has 0 aromatic rings. The summed E-state index contributed by atoms with van der Waals surface area (Å²) in [7, 11) is -9.09. The van der Waals surface area contributed by atoms with Crippen molar-refractivity contribution in [3.05, 3.63) is 0 Å². The number of hydrogen-bond donors (Lipinski definition) is 7. The van der Waals surface area contributed by atoms with Crippen LogP contribution < -0.4 is 16.6 Å².